The molecule has 2 rings (SSSR count). The fourth-order valence-electron chi connectivity index (χ4n) is 2.08. The topological polar surface area (TPSA) is 44.5 Å². The van der Waals surface area contributed by atoms with Crippen LogP contribution in [-0.2, 0) is 9.31 Å². The summed E-state index contributed by atoms with van der Waals surface area (Å²) >= 11 is 0. The number of rotatable bonds is 1. The largest absolute Gasteiger partial charge is 0.490 e. The van der Waals surface area contributed by atoms with Gasteiger partial charge in [0.05, 0.1) is 11.2 Å². The summed E-state index contributed by atoms with van der Waals surface area (Å²) in [5.74, 6) is 0. The maximum Gasteiger partial charge on any atom is 0.490 e. The van der Waals surface area contributed by atoms with Crippen molar-refractivity contribution in [3.8, 4) is 0 Å². The van der Waals surface area contributed by atoms with Gasteiger partial charge in [0.1, 0.15) is 0 Å². The van der Waals surface area contributed by atoms with Crippen LogP contribution in [0.5, 0.6) is 0 Å². The summed E-state index contributed by atoms with van der Waals surface area (Å²) in [5, 5.41) is 0. The first-order valence-electron chi connectivity index (χ1n) is 6.12. The molecule has 0 radical (unpaired) electrons. The van der Waals surface area contributed by atoms with Gasteiger partial charge in [0, 0.05) is 6.04 Å². The Labute approximate surface area is 98.5 Å². The zero-order valence-electron chi connectivity index (χ0n) is 10.7. The molecule has 1 unspecified atom stereocenters. The van der Waals surface area contributed by atoms with Crippen LogP contribution in [0.4, 0.5) is 0 Å². The lowest BCUT2D eigenvalue weighted by molar-refractivity contribution is 0.00578. The second-order valence-corrected chi connectivity index (χ2v) is 5.90. The molecule has 0 aromatic carbocycles. The lowest BCUT2D eigenvalue weighted by atomic mass is 9.72. The molecule has 0 aromatic heterocycles. The third-order valence-electron chi connectivity index (χ3n) is 4.04. The molecule has 1 fully saturated rings. The molecule has 1 aliphatic heterocycles. The molecule has 0 bridgehead atoms. The molecule has 90 valence electrons. The second-order valence-electron chi connectivity index (χ2n) is 5.90. The monoisotopic (exact) mass is 223 g/mol. The van der Waals surface area contributed by atoms with E-state index in [1.165, 1.54) is 5.47 Å². The second kappa shape index (κ2) is 3.86. The van der Waals surface area contributed by atoms with Gasteiger partial charge in [0.2, 0.25) is 0 Å². The van der Waals surface area contributed by atoms with Crippen molar-refractivity contribution >= 4 is 7.12 Å². The third kappa shape index (κ3) is 2.06. The molecule has 1 heterocycles. The quantitative estimate of drug-likeness (QED) is 0.692. The molecule has 1 saturated heterocycles. The summed E-state index contributed by atoms with van der Waals surface area (Å²) in [6, 6.07) is 0.311. The summed E-state index contributed by atoms with van der Waals surface area (Å²) in [4.78, 5) is 0. The van der Waals surface area contributed by atoms with Crippen LogP contribution in [0, 0.1) is 0 Å². The summed E-state index contributed by atoms with van der Waals surface area (Å²) in [6.45, 7) is 8.34. The van der Waals surface area contributed by atoms with E-state index in [1.54, 1.807) is 0 Å². The van der Waals surface area contributed by atoms with Gasteiger partial charge in [-0.1, -0.05) is 6.08 Å². The van der Waals surface area contributed by atoms with Crippen molar-refractivity contribution in [3.63, 3.8) is 0 Å². The van der Waals surface area contributed by atoms with Gasteiger partial charge in [-0.2, -0.15) is 0 Å². The molecule has 0 saturated carbocycles. The Morgan fingerprint density at radius 1 is 1.25 bits per heavy atom. The van der Waals surface area contributed by atoms with Crippen molar-refractivity contribution in [1.82, 2.24) is 0 Å². The van der Waals surface area contributed by atoms with Gasteiger partial charge in [-0.25, -0.2) is 0 Å². The Hall–Kier alpha value is -0.315. The van der Waals surface area contributed by atoms with Gasteiger partial charge < -0.3 is 15.0 Å². The molecule has 0 amide bonds. The first kappa shape index (κ1) is 12.2. The van der Waals surface area contributed by atoms with Crippen molar-refractivity contribution < 1.29 is 9.31 Å². The van der Waals surface area contributed by atoms with Gasteiger partial charge in [-0.3, -0.25) is 0 Å². The van der Waals surface area contributed by atoms with E-state index < -0.39 is 0 Å². The minimum Gasteiger partial charge on any atom is -0.400 e. The predicted octanol–water partition coefficient (Wildman–Crippen LogP) is 2.06. The van der Waals surface area contributed by atoms with Crippen molar-refractivity contribution in [2.24, 2.45) is 5.73 Å². The third-order valence-corrected chi connectivity index (χ3v) is 4.04. The van der Waals surface area contributed by atoms with Crippen molar-refractivity contribution in [1.29, 1.82) is 0 Å². The van der Waals surface area contributed by atoms with Crippen LogP contribution in [-0.4, -0.2) is 24.4 Å². The number of nitrogens with two attached hydrogens (primary N) is 1. The lowest BCUT2D eigenvalue weighted by Gasteiger charge is -2.32. The van der Waals surface area contributed by atoms with Crippen LogP contribution < -0.4 is 5.73 Å². The SMILES string of the molecule is CC1(C)OB(C2=CCC(N)CC2)OC1(C)C. The van der Waals surface area contributed by atoms with E-state index in [0.29, 0.717) is 6.04 Å². The molecule has 1 atom stereocenters. The molecule has 1 aliphatic carbocycles. The summed E-state index contributed by atoms with van der Waals surface area (Å²) < 4.78 is 12.0. The van der Waals surface area contributed by atoms with Crippen LogP contribution >= 0.6 is 0 Å². The molecule has 16 heavy (non-hydrogen) atoms. The van der Waals surface area contributed by atoms with Crippen molar-refractivity contribution in [3.05, 3.63) is 11.5 Å². The van der Waals surface area contributed by atoms with Gasteiger partial charge in [0.25, 0.3) is 0 Å². The van der Waals surface area contributed by atoms with Crippen molar-refractivity contribution in [2.75, 3.05) is 0 Å². The maximum absolute atomic E-state index is 6.01. The highest BCUT2D eigenvalue weighted by Crippen LogP contribution is 2.39. The van der Waals surface area contributed by atoms with Gasteiger partial charge in [0.15, 0.2) is 0 Å². The average molecular weight is 223 g/mol. The Morgan fingerprint density at radius 2 is 1.81 bits per heavy atom. The number of hydrogen-bond acceptors (Lipinski definition) is 3. The summed E-state index contributed by atoms with van der Waals surface area (Å²) in [5.41, 5.74) is 6.66. The normalized spacial score (nSPS) is 32.7. The average Bonchev–Trinajstić information content (AvgIpc) is 2.37. The van der Waals surface area contributed by atoms with Crippen molar-refractivity contribution in [2.45, 2.75) is 64.2 Å². The predicted molar refractivity (Wildman–Crippen MR) is 66.0 cm³/mol. The fourth-order valence-corrected chi connectivity index (χ4v) is 2.08. The minimum absolute atomic E-state index is 0.169. The van der Waals surface area contributed by atoms with E-state index in [9.17, 15) is 0 Å². The lowest BCUT2D eigenvalue weighted by Crippen LogP contribution is -2.41. The standard InChI is InChI=1S/C12H22BNO2/c1-11(2)12(3,4)16-13(15-11)9-5-7-10(14)8-6-9/h5,10H,6-8,14H2,1-4H3. The van der Waals surface area contributed by atoms with Crippen LogP contribution in [0.15, 0.2) is 11.5 Å². The Kier molecular flexibility index (Phi) is 2.93. The van der Waals surface area contributed by atoms with Gasteiger partial charge in [-0.15, -0.1) is 0 Å². The van der Waals surface area contributed by atoms with E-state index in [4.69, 9.17) is 15.0 Å². The van der Waals surface area contributed by atoms with E-state index in [0.717, 1.165) is 19.3 Å². The van der Waals surface area contributed by atoms with E-state index in [2.05, 4.69) is 33.8 Å². The summed E-state index contributed by atoms with van der Waals surface area (Å²) in [7, 11) is -0.169. The first-order chi connectivity index (χ1) is 7.32. The molecule has 4 heteroatoms. The number of allylic oxidation sites excluding steroid dienone is 1. The van der Waals surface area contributed by atoms with Crippen LogP contribution in [0.1, 0.15) is 47.0 Å². The smallest absolute Gasteiger partial charge is 0.400 e. The molecular weight excluding hydrogens is 201 g/mol. The molecule has 3 nitrogen and oxygen atoms in total. The minimum atomic E-state index is -0.238. The van der Waals surface area contributed by atoms with E-state index >= 15 is 0 Å². The highest BCUT2D eigenvalue weighted by atomic mass is 16.7. The van der Waals surface area contributed by atoms with E-state index in [1.807, 2.05) is 0 Å². The molecule has 2 aliphatic rings. The Morgan fingerprint density at radius 3 is 2.25 bits per heavy atom. The molecule has 2 N–H and O–H groups in total. The molecular formula is C12H22BNO2. The molecule has 0 aromatic rings. The molecule has 0 spiro atoms. The Balaban J connectivity index is 2.09. The maximum atomic E-state index is 6.01. The zero-order chi connectivity index (χ0) is 12.0. The van der Waals surface area contributed by atoms with Crippen LogP contribution in [0.3, 0.4) is 0 Å². The van der Waals surface area contributed by atoms with Crippen LogP contribution in [0.2, 0.25) is 0 Å². The number of hydrogen-bond donors (Lipinski definition) is 1. The highest BCUT2D eigenvalue weighted by molar-refractivity contribution is 6.54. The highest BCUT2D eigenvalue weighted by Gasteiger charge is 2.52. The Bertz CT molecular complexity index is 296. The first-order valence-corrected chi connectivity index (χ1v) is 6.12. The summed E-state index contributed by atoms with van der Waals surface area (Å²) in [6.07, 6.45) is 5.17. The van der Waals surface area contributed by atoms with Gasteiger partial charge in [-0.05, 0) is 52.4 Å². The zero-order valence-corrected chi connectivity index (χ0v) is 10.7. The van der Waals surface area contributed by atoms with Gasteiger partial charge >= 0.3 is 7.12 Å². The van der Waals surface area contributed by atoms with Crippen LogP contribution in [0.25, 0.3) is 0 Å². The fraction of sp³-hybridized carbons (Fsp3) is 0.833. The van der Waals surface area contributed by atoms with E-state index in [-0.39, 0.29) is 18.3 Å².